The number of ether oxygens (including phenoxy) is 2. The summed E-state index contributed by atoms with van der Waals surface area (Å²) in [6.45, 7) is 11.5. The lowest BCUT2D eigenvalue weighted by atomic mass is 9.61. The Hall–Kier alpha value is -1.10. The number of hydrogen-bond donors (Lipinski definition) is 0. The molecule has 0 radical (unpaired) electrons. The zero-order valence-electron chi connectivity index (χ0n) is 18.8. The van der Waals surface area contributed by atoms with E-state index in [0.717, 1.165) is 25.4 Å². The van der Waals surface area contributed by atoms with E-state index in [-0.39, 0.29) is 5.41 Å². The topological polar surface area (TPSA) is 24.9 Å². The molecule has 2 saturated heterocycles. The van der Waals surface area contributed by atoms with Gasteiger partial charge in [-0.15, -0.1) is 0 Å². The van der Waals surface area contributed by atoms with E-state index >= 15 is 0 Å². The van der Waals surface area contributed by atoms with Gasteiger partial charge < -0.3 is 14.4 Å². The highest BCUT2D eigenvalue weighted by Gasteiger charge is 2.45. The van der Waals surface area contributed by atoms with Crippen LogP contribution in [0, 0.1) is 12.8 Å². The average Bonchev–Trinajstić information content (AvgIpc) is 3.14. The van der Waals surface area contributed by atoms with E-state index in [1.807, 2.05) is 7.11 Å². The minimum atomic E-state index is 0.199. The van der Waals surface area contributed by atoms with Crippen LogP contribution in [0.1, 0.15) is 50.7 Å². The number of piperidine rings is 1. The Morgan fingerprint density at radius 1 is 1.18 bits per heavy atom. The highest BCUT2D eigenvalue weighted by Crippen LogP contribution is 2.47. The molecule has 2 aliphatic heterocycles. The Balaban J connectivity index is 1.92. The van der Waals surface area contributed by atoms with Crippen molar-refractivity contribution < 1.29 is 9.47 Å². The molecule has 1 aromatic carbocycles. The van der Waals surface area contributed by atoms with E-state index in [9.17, 15) is 0 Å². The molecule has 2 aliphatic rings. The van der Waals surface area contributed by atoms with E-state index in [1.165, 1.54) is 43.4 Å². The number of hydrogen-bond acceptors (Lipinski definition) is 4. The molecule has 0 spiro atoms. The minimum Gasteiger partial charge on any atom is -0.497 e. The molecular weight excluding hydrogens is 348 g/mol. The van der Waals surface area contributed by atoms with Crippen molar-refractivity contribution in [2.75, 3.05) is 47.5 Å². The van der Waals surface area contributed by atoms with Gasteiger partial charge in [0.1, 0.15) is 5.75 Å². The van der Waals surface area contributed by atoms with Crippen LogP contribution >= 0.6 is 0 Å². The summed E-state index contributed by atoms with van der Waals surface area (Å²) in [6.07, 6.45) is 4.99. The van der Waals surface area contributed by atoms with Gasteiger partial charge in [0.25, 0.3) is 0 Å². The molecule has 28 heavy (non-hydrogen) atoms. The lowest BCUT2D eigenvalue weighted by Gasteiger charge is -2.51. The fraction of sp³-hybridized carbons (Fsp3) is 0.750. The van der Waals surface area contributed by atoms with Gasteiger partial charge in [-0.05, 0) is 95.4 Å². The summed E-state index contributed by atoms with van der Waals surface area (Å²) in [4.78, 5) is 5.21. The molecule has 0 amide bonds. The van der Waals surface area contributed by atoms with Crippen molar-refractivity contribution in [3.63, 3.8) is 0 Å². The molecule has 0 saturated carbocycles. The normalized spacial score (nSPS) is 32.0. The molecule has 1 aromatic rings. The van der Waals surface area contributed by atoms with Gasteiger partial charge in [-0.25, -0.2) is 0 Å². The Kier molecular flexibility index (Phi) is 7.06. The van der Waals surface area contributed by atoms with Gasteiger partial charge in [0.2, 0.25) is 0 Å². The Bertz CT molecular complexity index is 649. The third-order valence-electron chi connectivity index (χ3n) is 7.89. The molecule has 4 atom stereocenters. The number of nitrogens with zero attached hydrogens (tertiary/aromatic N) is 2. The molecule has 2 heterocycles. The number of methoxy groups -OCH3 is 2. The second kappa shape index (κ2) is 9.15. The first-order valence-corrected chi connectivity index (χ1v) is 11.0. The number of benzene rings is 1. The fourth-order valence-electron chi connectivity index (χ4n) is 5.70. The summed E-state index contributed by atoms with van der Waals surface area (Å²) < 4.78 is 11.1. The van der Waals surface area contributed by atoms with Gasteiger partial charge in [0.05, 0.1) is 13.7 Å². The molecule has 3 unspecified atom stereocenters. The Morgan fingerprint density at radius 2 is 1.96 bits per heavy atom. The van der Waals surface area contributed by atoms with E-state index in [0.29, 0.717) is 18.0 Å². The number of rotatable bonds is 7. The molecule has 0 N–H and O–H groups in total. The molecule has 4 nitrogen and oxygen atoms in total. The highest BCUT2D eigenvalue weighted by molar-refractivity contribution is 5.41. The quantitative estimate of drug-likeness (QED) is 0.702. The molecule has 3 rings (SSSR count). The summed E-state index contributed by atoms with van der Waals surface area (Å²) in [5.74, 6) is 1.58. The van der Waals surface area contributed by atoms with Crippen LogP contribution < -0.4 is 4.74 Å². The Labute approximate surface area is 172 Å². The Morgan fingerprint density at radius 3 is 2.68 bits per heavy atom. The maximum atomic E-state index is 5.62. The van der Waals surface area contributed by atoms with Crippen LogP contribution in [-0.4, -0.2) is 69.4 Å². The van der Waals surface area contributed by atoms with E-state index in [1.54, 1.807) is 7.11 Å². The molecular formula is C24H40N2O2. The van der Waals surface area contributed by atoms with Crippen LogP contribution in [-0.2, 0) is 10.2 Å². The van der Waals surface area contributed by atoms with Crippen molar-refractivity contribution in [1.82, 2.24) is 9.80 Å². The summed E-state index contributed by atoms with van der Waals surface area (Å²) in [5, 5.41) is 0. The predicted molar refractivity (Wildman–Crippen MR) is 116 cm³/mol. The van der Waals surface area contributed by atoms with Gasteiger partial charge in [-0.2, -0.15) is 0 Å². The van der Waals surface area contributed by atoms with E-state index < -0.39 is 0 Å². The van der Waals surface area contributed by atoms with Gasteiger partial charge in [-0.1, -0.05) is 13.0 Å². The van der Waals surface area contributed by atoms with Crippen LogP contribution in [0.5, 0.6) is 5.75 Å². The SMILES string of the molecule is COCC1CCCN1CCC1(c2cc(OC)ccc2C)CCN(C)C(C)[C@@H]1C. The maximum absolute atomic E-state index is 5.62. The number of likely N-dealkylation sites (tertiary alicyclic amines) is 2. The van der Waals surface area contributed by atoms with Crippen LogP contribution in [0.25, 0.3) is 0 Å². The maximum Gasteiger partial charge on any atom is 0.119 e. The lowest BCUT2D eigenvalue weighted by molar-refractivity contribution is 0.0447. The van der Waals surface area contributed by atoms with E-state index in [4.69, 9.17) is 9.47 Å². The zero-order valence-corrected chi connectivity index (χ0v) is 18.8. The smallest absolute Gasteiger partial charge is 0.119 e. The summed E-state index contributed by atoms with van der Waals surface area (Å²) in [5.41, 5.74) is 3.10. The highest BCUT2D eigenvalue weighted by atomic mass is 16.5. The zero-order chi connectivity index (χ0) is 20.3. The standard InChI is InChI=1S/C24H40N2O2/c1-18-9-10-22(28-6)16-23(18)24(11-14-25(4)20(3)19(24)2)12-15-26-13-7-8-21(26)17-27-5/h9-10,16,19-21H,7-8,11-15,17H2,1-6H3/t19-,20?,21?,24?/m0/s1. The van der Waals surface area contributed by atoms with Crippen molar-refractivity contribution in [3.8, 4) is 5.75 Å². The molecule has 2 fully saturated rings. The van der Waals surface area contributed by atoms with Crippen molar-refractivity contribution in [2.24, 2.45) is 5.92 Å². The van der Waals surface area contributed by atoms with Gasteiger partial charge in [0.15, 0.2) is 0 Å². The minimum absolute atomic E-state index is 0.199. The molecule has 158 valence electrons. The summed E-state index contributed by atoms with van der Waals surface area (Å²) >= 11 is 0. The van der Waals surface area contributed by atoms with Crippen molar-refractivity contribution in [3.05, 3.63) is 29.3 Å². The van der Waals surface area contributed by atoms with Gasteiger partial charge in [0, 0.05) is 24.6 Å². The molecule has 4 heteroatoms. The first kappa shape index (κ1) is 21.6. The second-order valence-corrected chi connectivity index (χ2v) is 9.13. The molecule has 0 aromatic heterocycles. The van der Waals surface area contributed by atoms with E-state index in [2.05, 4.69) is 55.8 Å². The average molecular weight is 389 g/mol. The number of aryl methyl sites for hydroxylation is 1. The monoisotopic (exact) mass is 388 g/mol. The lowest BCUT2D eigenvalue weighted by Crippen LogP contribution is -2.54. The predicted octanol–water partition coefficient (Wildman–Crippen LogP) is 4.10. The first-order chi connectivity index (χ1) is 13.4. The van der Waals surface area contributed by atoms with Crippen molar-refractivity contribution in [1.29, 1.82) is 0 Å². The molecule has 0 bridgehead atoms. The van der Waals surface area contributed by atoms with Gasteiger partial charge >= 0.3 is 0 Å². The largest absolute Gasteiger partial charge is 0.497 e. The fourth-order valence-corrected chi connectivity index (χ4v) is 5.70. The second-order valence-electron chi connectivity index (χ2n) is 9.13. The third-order valence-corrected chi connectivity index (χ3v) is 7.89. The summed E-state index contributed by atoms with van der Waals surface area (Å²) in [6, 6.07) is 7.83. The summed E-state index contributed by atoms with van der Waals surface area (Å²) in [7, 11) is 5.89. The van der Waals surface area contributed by atoms with Crippen molar-refractivity contribution in [2.45, 2.75) is 64.0 Å². The molecule has 0 aliphatic carbocycles. The van der Waals surface area contributed by atoms with Crippen LogP contribution in [0.4, 0.5) is 0 Å². The van der Waals surface area contributed by atoms with Crippen molar-refractivity contribution >= 4 is 0 Å². The third kappa shape index (κ3) is 4.10. The van der Waals surface area contributed by atoms with Crippen LogP contribution in [0.2, 0.25) is 0 Å². The first-order valence-electron chi connectivity index (χ1n) is 11.0. The van der Waals surface area contributed by atoms with Crippen LogP contribution in [0.3, 0.4) is 0 Å². The van der Waals surface area contributed by atoms with Crippen LogP contribution in [0.15, 0.2) is 18.2 Å². The van der Waals surface area contributed by atoms with Gasteiger partial charge in [-0.3, -0.25) is 4.90 Å².